The van der Waals surface area contributed by atoms with Gasteiger partial charge in [0.2, 0.25) is 0 Å². The number of para-hydroxylation sites is 2. The molecule has 1 amide bonds. The van der Waals surface area contributed by atoms with Gasteiger partial charge >= 0.3 is 0 Å². The molecule has 1 aromatic carbocycles. The molecule has 1 aliphatic heterocycles. The van der Waals surface area contributed by atoms with Gasteiger partial charge in [-0.3, -0.25) is 4.79 Å². The smallest absolute Gasteiger partial charge is 0.277 e. The first-order valence-corrected chi connectivity index (χ1v) is 8.79. The predicted octanol–water partition coefficient (Wildman–Crippen LogP) is 2.91. The highest BCUT2D eigenvalue weighted by Gasteiger charge is 2.19. The molecule has 0 atom stereocenters. The lowest BCUT2D eigenvalue weighted by Crippen LogP contribution is -2.29. The first kappa shape index (κ1) is 20.2. The summed E-state index contributed by atoms with van der Waals surface area (Å²) in [5.41, 5.74) is 0.960. The van der Waals surface area contributed by atoms with Crippen molar-refractivity contribution in [3.63, 3.8) is 0 Å². The number of halogens is 1. The molecule has 0 unspecified atom stereocenters. The van der Waals surface area contributed by atoms with Gasteiger partial charge in [0, 0.05) is 0 Å². The van der Waals surface area contributed by atoms with E-state index in [9.17, 15) is 4.79 Å². The van der Waals surface area contributed by atoms with E-state index >= 15 is 0 Å². The fourth-order valence-corrected chi connectivity index (χ4v) is 2.77. The van der Waals surface area contributed by atoms with Gasteiger partial charge in [-0.05, 0) is 44.0 Å². The number of nitrogens with zero attached hydrogens (tertiary/aromatic N) is 3. The van der Waals surface area contributed by atoms with Crippen LogP contribution in [0, 0.1) is 5.92 Å². The third kappa shape index (κ3) is 5.19. The number of aromatic nitrogens is 3. The number of carbonyl (C=O) groups excluding carboxylic acids is 1. The third-order valence-electron chi connectivity index (χ3n) is 4.13. The maximum atomic E-state index is 12.5. The van der Waals surface area contributed by atoms with Gasteiger partial charge in [-0.25, -0.2) is 4.68 Å². The van der Waals surface area contributed by atoms with E-state index < -0.39 is 0 Å². The third-order valence-corrected chi connectivity index (χ3v) is 4.13. The van der Waals surface area contributed by atoms with E-state index in [-0.39, 0.29) is 18.3 Å². The standard InChI is InChI=1S/C18H25N5O2.ClH/c1-13(2)12-25-17-6-4-3-5-15(17)20-18(24)16-11-23(22-21-16)14-7-9-19-10-8-14;/h3-6,11,13-14,19H,7-10,12H2,1-2H3,(H,20,24);1H. The maximum absolute atomic E-state index is 12.5. The zero-order chi connectivity index (χ0) is 17.6. The monoisotopic (exact) mass is 379 g/mol. The van der Waals surface area contributed by atoms with Crippen LogP contribution in [-0.2, 0) is 0 Å². The molecule has 2 aromatic rings. The Hall–Kier alpha value is -2.12. The molecule has 3 rings (SSSR count). The van der Waals surface area contributed by atoms with E-state index in [4.69, 9.17) is 4.74 Å². The Morgan fingerprint density at radius 1 is 1.35 bits per heavy atom. The summed E-state index contributed by atoms with van der Waals surface area (Å²) in [4.78, 5) is 12.5. The summed E-state index contributed by atoms with van der Waals surface area (Å²) in [6.07, 6.45) is 3.72. The van der Waals surface area contributed by atoms with Crippen molar-refractivity contribution in [1.29, 1.82) is 0 Å². The molecule has 2 N–H and O–H groups in total. The normalized spacial score (nSPS) is 14.7. The van der Waals surface area contributed by atoms with Crippen LogP contribution in [0.25, 0.3) is 0 Å². The Labute approximate surface area is 159 Å². The van der Waals surface area contributed by atoms with Gasteiger partial charge in [-0.2, -0.15) is 0 Å². The first-order valence-electron chi connectivity index (χ1n) is 8.79. The number of rotatable bonds is 6. The highest BCUT2D eigenvalue weighted by Crippen LogP contribution is 2.25. The second kappa shape index (κ2) is 9.54. The molecule has 0 radical (unpaired) electrons. The lowest BCUT2D eigenvalue weighted by atomic mass is 10.1. The van der Waals surface area contributed by atoms with Crippen molar-refractivity contribution < 1.29 is 9.53 Å². The van der Waals surface area contributed by atoms with Gasteiger partial charge in [-0.15, -0.1) is 17.5 Å². The molecular weight excluding hydrogens is 354 g/mol. The van der Waals surface area contributed by atoms with Crippen molar-refractivity contribution in [2.24, 2.45) is 5.92 Å². The summed E-state index contributed by atoms with van der Waals surface area (Å²) in [7, 11) is 0. The SMILES string of the molecule is CC(C)COc1ccccc1NC(=O)c1cn(C2CCNCC2)nn1.Cl. The predicted molar refractivity (Wildman–Crippen MR) is 103 cm³/mol. The summed E-state index contributed by atoms with van der Waals surface area (Å²) < 4.78 is 7.58. The van der Waals surface area contributed by atoms with Gasteiger partial charge in [0.1, 0.15) is 5.75 Å². The molecule has 0 spiro atoms. The molecule has 0 aliphatic carbocycles. The van der Waals surface area contributed by atoms with E-state index in [1.807, 2.05) is 24.3 Å². The second-order valence-electron chi connectivity index (χ2n) is 6.72. The van der Waals surface area contributed by atoms with E-state index in [2.05, 4.69) is 34.8 Å². The molecular formula is C18H26ClN5O2. The number of carbonyl (C=O) groups is 1. The van der Waals surface area contributed by atoms with Crippen LogP contribution in [0.1, 0.15) is 43.2 Å². The van der Waals surface area contributed by atoms with Crippen molar-refractivity contribution >= 4 is 24.0 Å². The van der Waals surface area contributed by atoms with Crippen molar-refractivity contribution in [2.45, 2.75) is 32.7 Å². The van der Waals surface area contributed by atoms with Crippen LogP contribution in [0.3, 0.4) is 0 Å². The summed E-state index contributed by atoms with van der Waals surface area (Å²) in [6, 6.07) is 7.73. The molecule has 1 aliphatic rings. The van der Waals surface area contributed by atoms with Gasteiger partial charge in [0.15, 0.2) is 5.69 Å². The van der Waals surface area contributed by atoms with Crippen LogP contribution < -0.4 is 15.4 Å². The highest BCUT2D eigenvalue weighted by molar-refractivity contribution is 6.03. The minimum absolute atomic E-state index is 0. The molecule has 8 heteroatoms. The Morgan fingerprint density at radius 2 is 2.08 bits per heavy atom. The molecule has 1 fully saturated rings. The average molecular weight is 380 g/mol. The minimum Gasteiger partial charge on any atom is -0.491 e. The fourth-order valence-electron chi connectivity index (χ4n) is 2.77. The van der Waals surface area contributed by atoms with Crippen LogP contribution in [-0.4, -0.2) is 40.6 Å². The Balaban J connectivity index is 0.00000243. The quantitative estimate of drug-likeness (QED) is 0.806. The molecule has 0 bridgehead atoms. The summed E-state index contributed by atoms with van der Waals surface area (Å²) in [5, 5.41) is 14.4. The van der Waals surface area contributed by atoms with Crippen molar-refractivity contribution in [1.82, 2.24) is 20.3 Å². The minimum atomic E-state index is -0.277. The zero-order valence-electron chi connectivity index (χ0n) is 15.1. The van der Waals surface area contributed by atoms with E-state index in [1.54, 1.807) is 10.9 Å². The van der Waals surface area contributed by atoms with E-state index in [1.165, 1.54) is 0 Å². The summed E-state index contributed by atoms with van der Waals surface area (Å²) in [6.45, 7) is 6.69. The van der Waals surface area contributed by atoms with Crippen LogP contribution >= 0.6 is 12.4 Å². The molecule has 1 aromatic heterocycles. The fraction of sp³-hybridized carbons (Fsp3) is 0.500. The van der Waals surface area contributed by atoms with Crippen LogP contribution in [0.5, 0.6) is 5.75 Å². The number of hydrogen-bond acceptors (Lipinski definition) is 5. The van der Waals surface area contributed by atoms with Crippen LogP contribution in [0.4, 0.5) is 5.69 Å². The average Bonchev–Trinajstić information content (AvgIpc) is 3.12. The van der Waals surface area contributed by atoms with E-state index in [0.29, 0.717) is 35.7 Å². The number of benzene rings is 1. The summed E-state index contributed by atoms with van der Waals surface area (Å²) in [5.74, 6) is 0.796. The topological polar surface area (TPSA) is 81.1 Å². The lowest BCUT2D eigenvalue weighted by Gasteiger charge is -2.22. The zero-order valence-corrected chi connectivity index (χ0v) is 16.0. The number of ether oxygens (including phenoxy) is 1. The summed E-state index contributed by atoms with van der Waals surface area (Å²) >= 11 is 0. The number of piperidine rings is 1. The van der Waals surface area contributed by atoms with Gasteiger partial charge < -0.3 is 15.4 Å². The van der Waals surface area contributed by atoms with E-state index in [0.717, 1.165) is 25.9 Å². The largest absolute Gasteiger partial charge is 0.491 e. The first-order chi connectivity index (χ1) is 12.1. The molecule has 2 heterocycles. The Morgan fingerprint density at radius 3 is 2.81 bits per heavy atom. The lowest BCUT2D eigenvalue weighted by molar-refractivity contribution is 0.102. The maximum Gasteiger partial charge on any atom is 0.277 e. The van der Waals surface area contributed by atoms with Gasteiger partial charge in [0.05, 0.1) is 24.5 Å². The number of anilines is 1. The molecule has 26 heavy (non-hydrogen) atoms. The Bertz CT molecular complexity index is 713. The number of amides is 1. The molecule has 1 saturated heterocycles. The molecule has 7 nitrogen and oxygen atoms in total. The van der Waals surface area contributed by atoms with Crippen molar-refractivity contribution in [3.8, 4) is 5.75 Å². The molecule has 142 valence electrons. The van der Waals surface area contributed by atoms with Gasteiger partial charge in [0.25, 0.3) is 5.91 Å². The van der Waals surface area contributed by atoms with Crippen LogP contribution in [0.2, 0.25) is 0 Å². The second-order valence-corrected chi connectivity index (χ2v) is 6.72. The number of hydrogen-bond donors (Lipinski definition) is 2. The Kier molecular flexibility index (Phi) is 7.41. The van der Waals surface area contributed by atoms with Crippen molar-refractivity contribution in [2.75, 3.05) is 25.0 Å². The number of nitrogens with one attached hydrogen (secondary N) is 2. The van der Waals surface area contributed by atoms with Crippen LogP contribution in [0.15, 0.2) is 30.5 Å². The van der Waals surface area contributed by atoms with Crippen molar-refractivity contribution in [3.05, 3.63) is 36.2 Å². The highest BCUT2D eigenvalue weighted by atomic mass is 35.5. The molecule has 0 saturated carbocycles. The van der Waals surface area contributed by atoms with Gasteiger partial charge in [-0.1, -0.05) is 31.2 Å².